The van der Waals surface area contributed by atoms with E-state index in [2.05, 4.69) is 22.9 Å². The number of benzene rings is 2. The number of nitrogens with two attached hydrogens (primary N) is 1. The smallest absolute Gasteiger partial charge is 0.298 e. The highest BCUT2D eigenvalue weighted by atomic mass is 16.4. The number of hydrogen-bond donors (Lipinski definition) is 1. The molecule has 2 aromatic carbocycles. The van der Waals surface area contributed by atoms with Gasteiger partial charge in [-0.05, 0) is 36.8 Å². The van der Waals surface area contributed by atoms with Crippen molar-refractivity contribution in [2.75, 3.05) is 17.2 Å². The number of nitrogens with zero attached hydrogens (tertiary/aromatic N) is 2. The fraction of sp³-hybridized carbons (Fsp3) is 0.188. The fourth-order valence-electron chi connectivity index (χ4n) is 2.22. The van der Waals surface area contributed by atoms with E-state index in [1.807, 2.05) is 42.5 Å². The van der Waals surface area contributed by atoms with E-state index in [4.69, 9.17) is 10.2 Å². The van der Waals surface area contributed by atoms with Gasteiger partial charge < -0.3 is 15.1 Å². The minimum absolute atomic E-state index is 0.649. The van der Waals surface area contributed by atoms with Crippen LogP contribution in [0.1, 0.15) is 12.5 Å². The van der Waals surface area contributed by atoms with Gasteiger partial charge in [-0.3, -0.25) is 0 Å². The molecule has 1 aromatic heterocycles. The molecule has 1 heterocycles. The molecular formula is C16H17N3O. The SMILES string of the molecule is CCN(Cc1cccc(N)c1)c1nc2ccccc2o1. The first-order valence-electron chi connectivity index (χ1n) is 6.71. The van der Waals surface area contributed by atoms with Gasteiger partial charge in [0.15, 0.2) is 5.58 Å². The molecule has 0 fully saturated rings. The van der Waals surface area contributed by atoms with Gasteiger partial charge in [-0.1, -0.05) is 24.3 Å². The molecule has 0 unspecified atom stereocenters. The molecule has 0 spiro atoms. The van der Waals surface area contributed by atoms with Crippen LogP contribution in [-0.2, 0) is 6.54 Å². The number of fused-ring (bicyclic) bond motifs is 1. The van der Waals surface area contributed by atoms with Gasteiger partial charge in [-0.15, -0.1) is 0 Å². The van der Waals surface area contributed by atoms with E-state index < -0.39 is 0 Å². The topological polar surface area (TPSA) is 55.3 Å². The predicted octanol–water partition coefficient (Wildman–Crippen LogP) is 3.44. The van der Waals surface area contributed by atoms with Crippen molar-refractivity contribution in [3.63, 3.8) is 0 Å². The lowest BCUT2D eigenvalue weighted by Gasteiger charge is -2.18. The van der Waals surface area contributed by atoms with E-state index in [1.165, 1.54) is 0 Å². The van der Waals surface area contributed by atoms with Gasteiger partial charge in [0.05, 0.1) is 0 Å². The Morgan fingerprint density at radius 2 is 2.00 bits per heavy atom. The van der Waals surface area contributed by atoms with Crippen molar-refractivity contribution in [2.45, 2.75) is 13.5 Å². The highest BCUT2D eigenvalue weighted by molar-refractivity contribution is 5.74. The molecule has 4 nitrogen and oxygen atoms in total. The molecule has 0 bridgehead atoms. The number of oxazole rings is 1. The molecule has 0 saturated carbocycles. The minimum Gasteiger partial charge on any atom is -0.423 e. The van der Waals surface area contributed by atoms with E-state index in [9.17, 15) is 0 Å². The van der Waals surface area contributed by atoms with Gasteiger partial charge in [-0.2, -0.15) is 4.98 Å². The highest BCUT2D eigenvalue weighted by Crippen LogP contribution is 2.23. The van der Waals surface area contributed by atoms with Gasteiger partial charge in [0.25, 0.3) is 6.01 Å². The molecule has 0 aliphatic rings. The van der Waals surface area contributed by atoms with E-state index in [-0.39, 0.29) is 0 Å². The molecule has 0 atom stereocenters. The number of anilines is 2. The Hall–Kier alpha value is -2.49. The maximum Gasteiger partial charge on any atom is 0.298 e. The Balaban J connectivity index is 1.89. The Bertz CT molecular complexity index is 687. The standard InChI is InChI=1S/C16H17N3O/c1-2-19(11-12-6-5-7-13(17)10-12)16-18-14-8-3-4-9-15(14)20-16/h3-10H,2,11,17H2,1H3. The first-order valence-corrected chi connectivity index (χ1v) is 6.71. The second-order valence-electron chi connectivity index (χ2n) is 4.72. The van der Waals surface area contributed by atoms with Crippen LogP contribution in [0.25, 0.3) is 11.1 Å². The molecule has 3 rings (SSSR count). The number of para-hydroxylation sites is 2. The van der Waals surface area contributed by atoms with E-state index >= 15 is 0 Å². The third-order valence-corrected chi connectivity index (χ3v) is 3.26. The van der Waals surface area contributed by atoms with Crippen molar-refractivity contribution in [1.29, 1.82) is 0 Å². The molecule has 0 radical (unpaired) electrons. The predicted molar refractivity (Wildman–Crippen MR) is 81.6 cm³/mol. The molecule has 0 amide bonds. The van der Waals surface area contributed by atoms with E-state index in [1.54, 1.807) is 0 Å². The van der Waals surface area contributed by atoms with Gasteiger partial charge >= 0.3 is 0 Å². The Kier molecular flexibility index (Phi) is 3.29. The van der Waals surface area contributed by atoms with Crippen LogP contribution in [0.15, 0.2) is 52.9 Å². The first kappa shape index (κ1) is 12.5. The third kappa shape index (κ3) is 2.45. The summed E-state index contributed by atoms with van der Waals surface area (Å²) in [6, 6.07) is 16.3. The molecule has 2 N–H and O–H groups in total. The summed E-state index contributed by atoms with van der Waals surface area (Å²) in [5.74, 6) is 0. The van der Waals surface area contributed by atoms with Gasteiger partial charge in [0.2, 0.25) is 0 Å². The summed E-state index contributed by atoms with van der Waals surface area (Å²) in [5.41, 5.74) is 9.44. The van der Waals surface area contributed by atoms with Crippen LogP contribution >= 0.6 is 0 Å². The van der Waals surface area contributed by atoms with Crippen LogP contribution < -0.4 is 10.6 Å². The molecular weight excluding hydrogens is 250 g/mol. The summed E-state index contributed by atoms with van der Waals surface area (Å²) >= 11 is 0. The van der Waals surface area contributed by atoms with Crippen LogP contribution in [0.5, 0.6) is 0 Å². The molecule has 20 heavy (non-hydrogen) atoms. The number of hydrogen-bond acceptors (Lipinski definition) is 4. The van der Waals surface area contributed by atoms with Gasteiger partial charge in [0.1, 0.15) is 5.52 Å². The number of nitrogen functional groups attached to an aromatic ring is 1. The van der Waals surface area contributed by atoms with Gasteiger partial charge in [0, 0.05) is 18.8 Å². The van der Waals surface area contributed by atoms with Gasteiger partial charge in [-0.25, -0.2) is 0 Å². The summed E-state index contributed by atoms with van der Waals surface area (Å²) < 4.78 is 5.81. The van der Waals surface area contributed by atoms with E-state index in [0.717, 1.165) is 35.4 Å². The van der Waals surface area contributed by atoms with Crippen LogP contribution in [0.2, 0.25) is 0 Å². The van der Waals surface area contributed by atoms with Crippen molar-refractivity contribution in [2.24, 2.45) is 0 Å². The van der Waals surface area contributed by atoms with Crippen molar-refractivity contribution >= 4 is 22.8 Å². The summed E-state index contributed by atoms with van der Waals surface area (Å²) in [6.45, 7) is 3.64. The van der Waals surface area contributed by atoms with Crippen LogP contribution in [0.3, 0.4) is 0 Å². The van der Waals surface area contributed by atoms with Crippen LogP contribution in [0, 0.1) is 0 Å². The normalized spacial score (nSPS) is 10.8. The maximum absolute atomic E-state index is 5.82. The van der Waals surface area contributed by atoms with Crippen LogP contribution in [0.4, 0.5) is 11.7 Å². The Morgan fingerprint density at radius 3 is 2.75 bits per heavy atom. The quantitative estimate of drug-likeness (QED) is 0.736. The average Bonchev–Trinajstić information content (AvgIpc) is 2.88. The number of rotatable bonds is 4. The summed E-state index contributed by atoms with van der Waals surface area (Å²) in [6.07, 6.45) is 0. The second kappa shape index (κ2) is 5.25. The van der Waals surface area contributed by atoms with Crippen LogP contribution in [-0.4, -0.2) is 11.5 Å². The zero-order valence-electron chi connectivity index (χ0n) is 11.4. The lowest BCUT2D eigenvalue weighted by atomic mass is 10.2. The van der Waals surface area contributed by atoms with E-state index in [0.29, 0.717) is 6.01 Å². The number of aromatic nitrogens is 1. The molecule has 3 aromatic rings. The molecule has 4 heteroatoms. The lowest BCUT2D eigenvalue weighted by Crippen LogP contribution is -2.22. The largest absolute Gasteiger partial charge is 0.423 e. The molecule has 0 saturated heterocycles. The first-order chi connectivity index (χ1) is 9.76. The van der Waals surface area contributed by atoms with Crippen molar-refractivity contribution in [3.05, 3.63) is 54.1 Å². The van der Waals surface area contributed by atoms with Crippen molar-refractivity contribution in [3.8, 4) is 0 Å². The Morgan fingerprint density at radius 1 is 1.15 bits per heavy atom. The van der Waals surface area contributed by atoms with Crippen molar-refractivity contribution < 1.29 is 4.42 Å². The maximum atomic E-state index is 5.82. The Labute approximate surface area is 117 Å². The molecule has 0 aliphatic carbocycles. The zero-order chi connectivity index (χ0) is 13.9. The average molecular weight is 267 g/mol. The minimum atomic E-state index is 0.649. The summed E-state index contributed by atoms with van der Waals surface area (Å²) in [7, 11) is 0. The summed E-state index contributed by atoms with van der Waals surface area (Å²) in [5, 5.41) is 0. The molecule has 0 aliphatic heterocycles. The zero-order valence-corrected chi connectivity index (χ0v) is 11.4. The van der Waals surface area contributed by atoms with Crippen molar-refractivity contribution in [1.82, 2.24) is 4.98 Å². The highest BCUT2D eigenvalue weighted by Gasteiger charge is 2.12. The second-order valence-corrected chi connectivity index (χ2v) is 4.72. The fourth-order valence-corrected chi connectivity index (χ4v) is 2.22. The lowest BCUT2D eigenvalue weighted by molar-refractivity contribution is 0.569. The monoisotopic (exact) mass is 267 g/mol. The molecule has 102 valence electrons. The summed E-state index contributed by atoms with van der Waals surface area (Å²) in [4.78, 5) is 6.62. The third-order valence-electron chi connectivity index (χ3n) is 3.26.